The summed E-state index contributed by atoms with van der Waals surface area (Å²) >= 11 is 0. The first kappa shape index (κ1) is 22.1. The lowest BCUT2D eigenvalue weighted by Gasteiger charge is -2.22. The third-order valence-corrected chi connectivity index (χ3v) is 2.93. The summed E-state index contributed by atoms with van der Waals surface area (Å²) in [4.78, 5) is 6.47. The van der Waals surface area contributed by atoms with Crippen LogP contribution in [0.15, 0.2) is 29.3 Å². The van der Waals surface area contributed by atoms with E-state index in [0.717, 1.165) is 18.1 Å². The van der Waals surface area contributed by atoms with Crippen molar-refractivity contribution < 1.29 is 13.9 Å². The molecule has 0 atom stereocenters. The Kier molecular flexibility index (Phi) is 13.0. The largest absolute Gasteiger partial charge is 0.382 e. The molecule has 0 fully saturated rings. The fourth-order valence-electron chi connectivity index (χ4n) is 1.91. The van der Waals surface area contributed by atoms with Crippen LogP contribution in [0.3, 0.4) is 0 Å². The molecule has 7 heteroatoms. The molecule has 1 rings (SSSR count). The number of benzene rings is 1. The molecule has 0 aliphatic carbocycles. The summed E-state index contributed by atoms with van der Waals surface area (Å²) in [5.74, 6) is 0.557. The Balaban J connectivity index is 0.00000484. The van der Waals surface area contributed by atoms with Crippen molar-refractivity contribution in [3.8, 4) is 0 Å². The summed E-state index contributed by atoms with van der Waals surface area (Å²) in [6, 6.07) is 6.59. The van der Waals surface area contributed by atoms with Gasteiger partial charge in [0.2, 0.25) is 0 Å². The summed E-state index contributed by atoms with van der Waals surface area (Å²) in [6.45, 7) is 5.65. The zero-order valence-corrected chi connectivity index (χ0v) is 16.4. The molecule has 0 bridgehead atoms. The normalized spacial score (nSPS) is 11.0. The van der Waals surface area contributed by atoms with Gasteiger partial charge in [0.15, 0.2) is 5.96 Å². The molecule has 5 nitrogen and oxygen atoms in total. The Labute approximate surface area is 155 Å². The third-order valence-electron chi connectivity index (χ3n) is 2.93. The van der Waals surface area contributed by atoms with E-state index < -0.39 is 0 Å². The van der Waals surface area contributed by atoms with Crippen molar-refractivity contribution >= 4 is 29.9 Å². The van der Waals surface area contributed by atoms with Gasteiger partial charge in [0, 0.05) is 27.2 Å². The SMILES string of the molecule is CCNC(=NCCOCCOC)N(C)Cc1cccc(F)c1.I. The number of ether oxygens (including phenoxy) is 2. The standard InChI is InChI=1S/C16H26FN3O2.HI/c1-4-18-16(19-8-9-22-11-10-21-3)20(2)13-14-6-5-7-15(17)12-14;/h5-7,12H,4,8-11,13H2,1-3H3,(H,18,19);1H. The van der Waals surface area contributed by atoms with Gasteiger partial charge >= 0.3 is 0 Å². The smallest absolute Gasteiger partial charge is 0.194 e. The van der Waals surface area contributed by atoms with E-state index in [4.69, 9.17) is 9.47 Å². The number of hydrogen-bond acceptors (Lipinski definition) is 3. The number of aliphatic imine (C=N–C) groups is 1. The van der Waals surface area contributed by atoms with Gasteiger partial charge in [-0.25, -0.2) is 4.39 Å². The maximum absolute atomic E-state index is 13.2. The summed E-state index contributed by atoms with van der Waals surface area (Å²) in [6.07, 6.45) is 0. The Morgan fingerprint density at radius 2 is 2.09 bits per heavy atom. The molecule has 132 valence electrons. The van der Waals surface area contributed by atoms with Crippen molar-refractivity contribution in [1.82, 2.24) is 10.2 Å². The van der Waals surface area contributed by atoms with Gasteiger partial charge in [0.25, 0.3) is 0 Å². The highest BCUT2D eigenvalue weighted by Gasteiger charge is 2.06. The molecule has 0 aromatic heterocycles. The van der Waals surface area contributed by atoms with Gasteiger partial charge in [-0.3, -0.25) is 4.99 Å². The summed E-state index contributed by atoms with van der Waals surface area (Å²) in [5, 5.41) is 3.22. The summed E-state index contributed by atoms with van der Waals surface area (Å²) in [5.41, 5.74) is 0.907. The molecule has 0 radical (unpaired) electrons. The number of nitrogens with one attached hydrogen (secondary N) is 1. The van der Waals surface area contributed by atoms with Gasteiger partial charge in [-0.1, -0.05) is 12.1 Å². The Hall–Kier alpha value is -0.930. The second-order valence-electron chi connectivity index (χ2n) is 4.83. The second kappa shape index (κ2) is 13.5. The summed E-state index contributed by atoms with van der Waals surface area (Å²) < 4.78 is 23.5. The van der Waals surface area contributed by atoms with Crippen LogP contribution in [0, 0.1) is 5.82 Å². The maximum Gasteiger partial charge on any atom is 0.194 e. The molecule has 23 heavy (non-hydrogen) atoms. The molecule has 0 saturated carbocycles. The molecule has 0 spiro atoms. The molecule has 1 aromatic carbocycles. The Morgan fingerprint density at radius 3 is 2.74 bits per heavy atom. The van der Waals surface area contributed by atoms with Gasteiger partial charge in [-0.15, -0.1) is 24.0 Å². The Bertz CT molecular complexity index is 461. The van der Waals surface area contributed by atoms with Crippen molar-refractivity contribution in [1.29, 1.82) is 0 Å². The number of guanidine groups is 1. The highest BCUT2D eigenvalue weighted by atomic mass is 127. The van der Waals surface area contributed by atoms with Crippen LogP contribution >= 0.6 is 24.0 Å². The van der Waals surface area contributed by atoms with Gasteiger partial charge < -0.3 is 19.7 Å². The van der Waals surface area contributed by atoms with E-state index in [-0.39, 0.29) is 29.8 Å². The van der Waals surface area contributed by atoms with Crippen LogP contribution < -0.4 is 5.32 Å². The number of hydrogen-bond donors (Lipinski definition) is 1. The van der Waals surface area contributed by atoms with E-state index in [9.17, 15) is 4.39 Å². The number of rotatable bonds is 9. The first-order valence-corrected chi connectivity index (χ1v) is 7.48. The van der Waals surface area contributed by atoms with Crippen LogP contribution in [0.2, 0.25) is 0 Å². The molecule has 1 aromatic rings. The van der Waals surface area contributed by atoms with E-state index >= 15 is 0 Å². The highest BCUT2D eigenvalue weighted by molar-refractivity contribution is 14.0. The molecule has 0 aliphatic heterocycles. The highest BCUT2D eigenvalue weighted by Crippen LogP contribution is 2.06. The molecule has 0 heterocycles. The van der Waals surface area contributed by atoms with Crippen molar-refractivity contribution in [2.45, 2.75) is 13.5 Å². The van der Waals surface area contributed by atoms with Crippen LogP contribution in [-0.4, -0.2) is 57.9 Å². The molecule has 0 unspecified atom stereocenters. The van der Waals surface area contributed by atoms with Crippen molar-refractivity contribution in [3.05, 3.63) is 35.6 Å². The van der Waals surface area contributed by atoms with Crippen LogP contribution in [0.25, 0.3) is 0 Å². The lowest BCUT2D eigenvalue weighted by atomic mass is 10.2. The quantitative estimate of drug-likeness (QED) is 0.278. The minimum absolute atomic E-state index is 0. The van der Waals surface area contributed by atoms with Crippen LogP contribution in [0.1, 0.15) is 12.5 Å². The minimum Gasteiger partial charge on any atom is -0.382 e. The molecule has 0 aliphatic rings. The van der Waals surface area contributed by atoms with E-state index in [1.807, 2.05) is 24.9 Å². The topological polar surface area (TPSA) is 46.1 Å². The van der Waals surface area contributed by atoms with Gasteiger partial charge in [0.05, 0.1) is 26.4 Å². The van der Waals surface area contributed by atoms with Crippen LogP contribution in [-0.2, 0) is 16.0 Å². The van der Waals surface area contributed by atoms with Crippen molar-refractivity contribution in [3.63, 3.8) is 0 Å². The fourth-order valence-corrected chi connectivity index (χ4v) is 1.91. The molecular weight excluding hydrogens is 412 g/mol. The predicted octanol–water partition coefficient (Wildman–Crippen LogP) is 2.50. The predicted molar refractivity (Wildman–Crippen MR) is 102 cm³/mol. The zero-order chi connectivity index (χ0) is 16.2. The number of methoxy groups -OCH3 is 1. The van der Waals surface area contributed by atoms with E-state index in [2.05, 4.69) is 10.3 Å². The summed E-state index contributed by atoms with van der Waals surface area (Å²) in [7, 11) is 3.57. The van der Waals surface area contributed by atoms with Gasteiger partial charge in [-0.2, -0.15) is 0 Å². The number of nitrogens with zero attached hydrogens (tertiary/aromatic N) is 2. The average Bonchev–Trinajstić information content (AvgIpc) is 2.49. The van der Waals surface area contributed by atoms with Crippen LogP contribution in [0.5, 0.6) is 0 Å². The monoisotopic (exact) mass is 439 g/mol. The maximum atomic E-state index is 13.2. The first-order chi connectivity index (χ1) is 10.7. The second-order valence-corrected chi connectivity index (χ2v) is 4.83. The first-order valence-electron chi connectivity index (χ1n) is 7.48. The molecular formula is C16H27FIN3O2. The fraction of sp³-hybridized carbons (Fsp3) is 0.562. The van der Waals surface area contributed by atoms with Crippen LogP contribution in [0.4, 0.5) is 4.39 Å². The molecule has 1 N–H and O–H groups in total. The number of halogens is 2. The lowest BCUT2D eigenvalue weighted by molar-refractivity contribution is 0.0747. The van der Waals surface area contributed by atoms with E-state index in [0.29, 0.717) is 32.9 Å². The van der Waals surface area contributed by atoms with Gasteiger partial charge in [0.1, 0.15) is 5.82 Å². The van der Waals surface area contributed by atoms with Crippen molar-refractivity contribution in [2.24, 2.45) is 4.99 Å². The molecule has 0 amide bonds. The average molecular weight is 439 g/mol. The van der Waals surface area contributed by atoms with Gasteiger partial charge in [-0.05, 0) is 24.6 Å². The third kappa shape index (κ3) is 9.72. The molecule has 0 saturated heterocycles. The van der Waals surface area contributed by atoms with E-state index in [1.165, 1.54) is 12.1 Å². The van der Waals surface area contributed by atoms with Crippen molar-refractivity contribution in [2.75, 3.05) is 47.1 Å². The minimum atomic E-state index is -0.223. The zero-order valence-electron chi connectivity index (χ0n) is 14.0. The lowest BCUT2D eigenvalue weighted by Crippen LogP contribution is -2.38. The van der Waals surface area contributed by atoms with E-state index in [1.54, 1.807) is 13.2 Å². The Morgan fingerprint density at radius 1 is 1.30 bits per heavy atom.